The summed E-state index contributed by atoms with van der Waals surface area (Å²) in [5.74, 6) is -0.641. The van der Waals surface area contributed by atoms with Gasteiger partial charge in [-0.3, -0.25) is 9.59 Å². The molecule has 0 spiro atoms. The van der Waals surface area contributed by atoms with Crippen LogP contribution in [0.15, 0.2) is 58.7 Å². The Morgan fingerprint density at radius 3 is 2.61 bits per heavy atom. The summed E-state index contributed by atoms with van der Waals surface area (Å²) < 4.78 is 5.76. The lowest BCUT2D eigenvalue weighted by atomic mass is 10.2. The van der Waals surface area contributed by atoms with Crippen molar-refractivity contribution in [2.45, 2.75) is 25.2 Å². The Labute approximate surface area is 166 Å². The molecule has 0 bridgehead atoms. The number of carboxylic acids is 1. The van der Waals surface area contributed by atoms with Crippen LogP contribution in [0.1, 0.15) is 23.1 Å². The molecule has 2 N–H and O–H groups in total. The molecule has 0 aromatic heterocycles. The number of hydrogen-bond donors (Lipinski definition) is 2. The summed E-state index contributed by atoms with van der Waals surface area (Å²) in [4.78, 5) is 22.3. The number of amides is 1. The molecule has 7 nitrogen and oxygen atoms in total. The molecule has 2 aromatic carbocycles. The quantitative estimate of drug-likeness (QED) is 0.553. The van der Waals surface area contributed by atoms with Gasteiger partial charge in [0.15, 0.2) is 5.17 Å². The second-order valence-corrected chi connectivity index (χ2v) is 7.38. The third-order valence-corrected chi connectivity index (χ3v) is 4.97. The number of benzene rings is 2. The summed E-state index contributed by atoms with van der Waals surface area (Å²) >= 11 is 1.06. The molecule has 1 amide bonds. The van der Waals surface area contributed by atoms with Gasteiger partial charge in [0, 0.05) is 0 Å². The first-order chi connectivity index (χ1) is 13.5. The van der Waals surface area contributed by atoms with Gasteiger partial charge in [0.25, 0.3) is 0 Å². The molecule has 1 saturated heterocycles. The molecule has 1 aliphatic heterocycles. The number of aliphatic carboxylic acids is 1. The molecule has 1 aliphatic rings. The predicted molar refractivity (Wildman–Crippen MR) is 109 cm³/mol. The number of nitrogens with one attached hydrogen (secondary N) is 1. The van der Waals surface area contributed by atoms with Crippen LogP contribution < -0.4 is 10.1 Å². The number of nitrogens with zero attached hydrogens (tertiary/aromatic N) is 2. The molecule has 1 atom stereocenters. The second kappa shape index (κ2) is 9.18. The summed E-state index contributed by atoms with van der Waals surface area (Å²) in [5.41, 5.74) is 3.14. The number of aryl methyl sites for hydroxylation is 1. The minimum Gasteiger partial charge on any atom is -0.489 e. The Morgan fingerprint density at radius 1 is 1.21 bits per heavy atom. The number of carbonyl (C=O) groups is 2. The molecule has 1 fully saturated rings. The third-order valence-electron chi connectivity index (χ3n) is 3.90. The number of rotatable bonds is 7. The van der Waals surface area contributed by atoms with Crippen molar-refractivity contribution in [3.63, 3.8) is 0 Å². The number of ether oxygens (including phenoxy) is 1. The highest BCUT2D eigenvalue weighted by molar-refractivity contribution is 8.15. The van der Waals surface area contributed by atoms with Crippen LogP contribution in [-0.4, -0.2) is 33.6 Å². The van der Waals surface area contributed by atoms with Crippen LogP contribution in [0.2, 0.25) is 0 Å². The molecule has 3 rings (SSSR count). The van der Waals surface area contributed by atoms with E-state index in [1.54, 1.807) is 6.21 Å². The van der Waals surface area contributed by atoms with E-state index in [0.29, 0.717) is 11.8 Å². The van der Waals surface area contributed by atoms with Crippen molar-refractivity contribution in [3.05, 3.63) is 65.2 Å². The van der Waals surface area contributed by atoms with Crippen molar-refractivity contribution in [2.24, 2.45) is 10.2 Å². The summed E-state index contributed by atoms with van der Waals surface area (Å²) in [6.07, 6.45) is 1.30. The first kappa shape index (κ1) is 19.6. The monoisotopic (exact) mass is 397 g/mol. The van der Waals surface area contributed by atoms with Crippen molar-refractivity contribution < 1.29 is 19.4 Å². The van der Waals surface area contributed by atoms with Crippen LogP contribution in [0.3, 0.4) is 0 Å². The van der Waals surface area contributed by atoms with Gasteiger partial charge in [-0.2, -0.15) is 5.10 Å². The highest BCUT2D eigenvalue weighted by Gasteiger charge is 2.32. The van der Waals surface area contributed by atoms with E-state index < -0.39 is 11.2 Å². The van der Waals surface area contributed by atoms with E-state index in [-0.39, 0.29) is 12.3 Å². The SMILES string of the molecule is Cc1ccc(COc2ccc(C=NN=C3NC(=O)C(CC(=O)O)S3)cc2)cc1. The van der Waals surface area contributed by atoms with Crippen molar-refractivity contribution in [1.82, 2.24) is 5.32 Å². The Balaban J connectivity index is 1.52. The van der Waals surface area contributed by atoms with E-state index in [1.807, 2.05) is 43.3 Å². The van der Waals surface area contributed by atoms with Crippen LogP contribution in [0, 0.1) is 6.92 Å². The van der Waals surface area contributed by atoms with Gasteiger partial charge in [0.2, 0.25) is 5.91 Å². The lowest BCUT2D eigenvalue weighted by molar-refractivity contribution is -0.138. The second-order valence-electron chi connectivity index (χ2n) is 6.19. The summed E-state index contributed by atoms with van der Waals surface area (Å²) in [7, 11) is 0. The molecular weight excluding hydrogens is 378 g/mol. The Bertz CT molecular complexity index is 908. The van der Waals surface area contributed by atoms with Gasteiger partial charge >= 0.3 is 5.97 Å². The van der Waals surface area contributed by atoms with Crippen LogP contribution in [0.4, 0.5) is 0 Å². The third kappa shape index (κ3) is 5.68. The Morgan fingerprint density at radius 2 is 1.93 bits per heavy atom. The van der Waals surface area contributed by atoms with Crippen molar-refractivity contribution in [2.75, 3.05) is 0 Å². The largest absolute Gasteiger partial charge is 0.489 e. The summed E-state index contributed by atoms with van der Waals surface area (Å²) in [5, 5.41) is 18.8. The van der Waals surface area contributed by atoms with Crippen molar-refractivity contribution in [1.29, 1.82) is 0 Å². The van der Waals surface area contributed by atoms with Gasteiger partial charge in [-0.15, -0.1) is 5.10 Å². The molecule has 1 unspecified atom stereocenters. The van der Waals surface area contributed by atoms with Crippen LogP contribution in [-0.2, 0) is 16.2 Å². The van der Waals surface area contributed by atoms with E-state index in [9.17, 15) is 9.59 Å². The molecule has 8 heteroatoms. The average Bonchev–Trinajstić information content (AvgIpc) is 3.01. The minimum absolute atomic E-state index is 0.247. The maximum atomic E-state index is 11.6. The fraction of sp³-hybridized carbons (Fsp3) is 0.200. The molecule has 0 radical (unpaired) electrons. The zero-order valence-electron chi connectivity index (χ0n) is 15.2. The van der Waals surface area contributed by atoms with Crippen LogP contribution in [0.5, 0.6) is 5.75 Å². The first-order valence-corrected chi connectivity index (χ1v) is 9.46. The lowest BCUT2D eigenvalue weighted by Crippen LogP contribution is -2.26. The van der Waals surface area contributed by atoms with Crippen molar-refractivity contribution >= 4 is 35.0 Å². The summed E-state index contributed by atoms with van der Waals surface area (Å²) in [6.45, 7) is 2.54. The van der Waals surface area contributed by atoms with Gasteiger partial charge in [0.1, 0.15) is 17.6 Å². The molecule has 0 saturated carbocycles. The number of amidine groups is 1. The van der Waals surface area contributed by atoms with Gasteiger partial charge in [-0.25, -0.2) is 0 Å². The van der Waals surface area contributed by atoms with Gasteiger partial charge in [0.05, 0.1) is 12.6 Å². The minimum atomic E-state index is -1.03. The first-order valence-electron chi connectivity index (χ1n) is 8.58. The van der Waals surface area contributed by atoms with E-state index in [2.05, 4.69) is 27.7 Å². The van der Waals surface area contributed by atoms with E-state index >= 15 is 0 Å². The van der Waals surface area contributed by atoms with Crippen LogP contribution in [0.25, 0.3) is 0 Å². The van der Waals surface area contributed by atoms with Gasteiger partial charge in [-0.05, 0) is 42.3 Å². The highest BCUT2D eigenvalue weighted by atomic mass is 32.2. The lowest BCUT2D eigenvalue weighted by Gasteiger charge is -2.06. The highest BCUT2D eigenvalue weighted by Crippen LogP contribution is 2.22. The number of carboxylic acid groups (broad SMARTS) is 1. The maximum absolute atomic E-state index is 11.6. The Kier molecular flexibility index (Phi) is 6.44. The average molecular weight is 397 g/mol. The zero-order chi connectivity index (χ0) is 19.9. The molecular formula is C20H19N3O4S. The maximum Gasteiger partial charge on any atom is 0.305 e. The number of carbonyl (C=O) groups excluding carboxylic acids is 1. The summed E-state index contributed by atoms with van der Waals surface area (Å²) in [6, 6.07) is 15.6. The standard InChI is InChI=1S/C20H19N3O4S/c1-13-2-4-15(5-3-13)12-27-16-8-6-14(7-9-16)11-21-23-20-22-19(26)17(28-20)10-18(24)25/h2-9,11,17H,10,12H2,1H3,(H,24,25)(H,22,23,26). The smallest absolute Gasteiger partial charge is 0.305 e. The fourth-order valence-electron chi connectivity index (χ4n) is 2.39. The molecule has 1 heterocycles. The molecule has 2 aromatic rings. The number of thioether (sulfide) groups is 1. The van der Waals surface area contributed by atoms with Crippen LogP contribution >= 0.6 is 11.8 Å². The van der Waals surface area contributed by atoms with Gasteiger partial charge in [-0.1, -0.05) is 41.6 Å². The topological polar surface area (TPSA) is 100 Å². The van der Waals surface area contributed by atoms with E-state index in [4.69, 9.17) is 9.84 Å². The van der Waals surface area contributed by atoms with Gasteiger partial charge < -0.3 is 15.2 Å². The number of hydrogen-bond acceptors (Lipinski definition) is 6. The zero-order valence-corrected chi connectivity index (χ0v) is 16.0. The molecule has 0 aliphatic carbocycles. The van der Waals surface area contributed by atoms with E-state index in [1.165, 1.54) is 5.56 Å². The molecule has 144 valence electrons. The van der Waals surface area contributed by atoms with Crippen molar-refractivity contribution in [3.8, 4) is 5.75 Å². The normalized spacial score (nSPS) is 17.8. The molecule has 28 heavy (non-hydrogen) atoms. The van der Waals surface area contributed by atoms with E-state index in [0.717, 1.165) is 28.6 Å². The fourth-order valence-corrected chi connectivity index (χ4v) is 3.31. The predicted octanol–water partition coefficient (Wildman–Crippen LogP) is 2.97. The Hall–Kier alpha value is -3.13.